The molecule has 1 aliphatic rings. The average Bonchev–Trinajstić information content (AvgIpc) is 2.86. The fourth-order valence-corrected chi connectivity index (χ4v) is 2.59. The van der Waals surface area contributed by atoms with E-state index >= 15 is 0 Å². The molecule has 0 unspecified atom stereocenters. The molecule has 0 spiro atoms. The molecular formula is C14H23N3O3. The molecule has 0 bridgehead atoms. The summed E-state index contributed by atoms with van der Waals surface area (Å²) in [5, 5.41) is 14.2. The van der Waals surface area contributed by atoms with Crippen LogP contribution in [0.2, 0.25) is 0 Å². The van der Waals surface area contributed by atoms with Crippen LogP contribution < -0.4 is 0 Å². The van der Waals surface area contributed by atoms with Crippen LogP contribution in [0, 0.1) is 0 Å². The summed E-state index contributed by atoms with van der Waals surface area (Å²) < 4.78 is 5.07. The van der Waals surface area contributed by atoms with Crippen LogP contribution in [0.3, 0.4) is 0 Å². The van der Waals surface area contributed by atoms with Gasteiger partial charge in [-0.2, -0.15) is 4.98 Å². The molecule has 1 saturated carbocycles. The summed E-state index contributed by atoms with van der Waals surface area (Å²) in [5.74, 6) is 1.01. The number of hydrogen-bond acceptors (Lipinski definition) is 5. The van der Waals surface area contributed by atoms with E-state index in [2.05, 4.69) is 10.1 Å². The predicted octanol–water partition coefficient (Wildman–Crippen LogP) is 1.68. The molecule has 112 valence electrons. The van der Waals surface area contributed by atoms with Crippen LogP contribution in [0.5, 0.6) is 0 Å². The van der Waals surface area contributed by atoms with Gasteiger partial charge >= 0.3 is 0 Å². The van der Waals surface area contributed by atoms with Crippen molar-refractivity contribution in [2.75, 3.05) is 7.05 Å². The lowest BCUT2D eigenvalue weighted by atomic mass is 9.82. The smallest absolute Gasteiger partial charge is 0.246 e. The molecule has 1 fully saturated rings. The van der Waals surface area contributed by atoms with Crippen LogP contribution in [0.15, 0.2) is 4.52 Å². The van der Waals surface area contributed by atoms with Crippen molar-refractivity contribution in [1.82, 2.24) is 15.0 Å². The first kappa shape index (κ1) is 15.0. The second-order valence-corrected chi connectivity index (χ2v) is 5.67. The highest BCUT2D eigenvalue weighted by atomic mass is 16.5. The van der Waals surface area contributed by atoms with Gasteiger partial charge in [-0.15, -0.1) is 0 Å². The van der Waals surface area contributed by atoms with E-state index in [1.165, 1.54) is 0 Å². The zero-order chi connectivity index (χ0) is 14.6. The summed E-state index contributed by atoms with van der Waals surface area (Å²) >= 11 is 0. The SMILES string of the molecule is CCc1noc(CN(C)C(=O)CC2(O)CCCCC2)n1. The monoisotopic (exact) mass is 281 g/mol. The van der Waals surface area contributed by atoms with E-state index in [-0.39, 0.29) is 12.3 Å². The summed E-state index contributed by atoms with van der Waals surface area (Å²) in [6, 6.07) is 0. The van der Waals surface area contributed by atoms with Crippen molar-refractivity contribution < 1.29 is 14.4 Å². The standard InChI is InChI=1S/C14H23N3O3/c1-3-11-15-12(20-16-11)10-17(2)13(18)9-14(19)7-5-4-6-8-14/h19H,3-10H2,1-2H3. The van der Waals surface area contributed by atoms with Gasteiger partial charge in [0, 0.05) is 13.5 Å². The third-order valence-electron chi connectivity index (χ3n) is 3.89. The molecule has 1 amide bonds. The molecule has 0 radical (unpaired) electrons. The van der Waals surface area contributed by atoms with Gasteiger partial charge in [0.2, 0.25) is 11.8 Å². The van der Waals surface area contributed by atoms with Crippen molar-refractivity contribution in [2.45, 2.75) is 64.0 Å². The second kappa shape index (κ2) is 6.35. The van der Waals surface area contributed by atoms with E-state index in [1.54, 1.807) is 11.9 Å². The minimum absolute atomic E-state index is 0.0781. The number of rotatable bonds is 5. The molecule has 0 aromatic carbocycles. The number of carbonyl (C=O) groups excluding carboxylic acids is 1. The Morgan fingerprint density at radius 1 is 1.40 bits per heavy atom. The second-order valence-electron chi connectivity index (χ2n) is 5.67. The van der Waals surface area contributed by atoms with Crippen LogP contribution >= 0.6 is 0 Å². The van der Waals surface area contributed by atoms with Gasteiger partial charge in [0.15, 0.2) is 5.82 Å². The average molecular weight is 281 g/mol. The van der Waals surface area contributed by atoms with Crippen molar-refractivity contribution in [3.63, 3.8) is 0 Å². The van der Waals surface area contributed by atoms with E-state index < -0.39 is 5.60 Å². The molecule has 1 aromatic heterocycles. The minimum Gasteiger partial charge on any atom is -0.389 e. The zero-order valence-corrected chi connectivity index (χ0v) is 12.3. The molecule has 2 rings (SSSR count). The lowest BCUT2D eigenvalue weighted by molar-refractivity contribution is -0.137. The van der Waals surface area contributed by atoms with Gasteiger partial charge in [-0.05, 0) is 12.8 Å². The zero-order valence-electron chi connectivity index (χ0n) is 12.3. The maximum atomic E-state index is 12.2. The largest absolute Gasteiger partial charge is 0.389 e. The Balaban J connectivity index is 1.88. The van der Waals surface area contributed by atoms with E-state index in [1.807, 2.05) is 6.92 Å². The van der Waals surface area contributed by atoms with Gasteiger partial charge in [-0.25, -0.2) is 0 Å². The van der Waals surface area contributed by atoms with Crippen LogP contribution in [-0.2, 0) is 17.8 Å². The first-order valence-corrected chi connectivity index (χ1v) is 7.30. The van der Waals surface area contributed by atoms with Crippen molar-refractivity contribution >= 4 is 5.91 Å². The van der Waals surface area contributed by atoms with Gasteiger partial charge in [0.05, 0.1) is 18.6 Å². The Bertz CT molecular complexity index is 452. The van der Waals surface area contributed by atoms with Crippen LogP contribution in [-0.4, -0.2) is 38.7 Å². The van der Waals surface area contributed by atoms with Crippen molar-refractivity contribution in [3.8, 4) is 0 Å². The molecule has 1 N–H and O–H groups in total. The fourth-order valence-electron chi connectivity index (χ4n) is 2.59. The number of hydrogen-bond donors (Lipinski definition) is 1. The van der Waals surface area contributed by atoms with Gasteiger partial charge < -0.3 is 14.5 Å². The Morgan fingerprint density at radius 3 is 2.70 bits per heavy atom. The molecule has 6 nitrogen and oxygen atoms in total. The first-order valence-electron chi connectivity index (χ1n) is 7.30. The fraction of sp³-hybridized carbons (Fsp3) is 0.786. The van der Waals surface area contributed by atoms with E-state index in [4.69, 9.17) is 4.52 Å². The summed E-state index contributed by atoms with van der Waals surface area (Å²) in [5.41, 5.74) is -0.826. The molecule has 20 heavy (non-hydrogen) atoms. The minimum atomic E-state index is -0.826. The molecule has 0 aliphatic heterocycles. The summed E-state index contributed by atoms with van der Waals surface area (Å²) in [6.07, 6.45) is 5.46. The van der Waals surface area contributed by atoms with Crippen LogP contribution in [0.4, 0.5) is 0 Å². The van der Waals surface area contributed by atoms with E-state index in [0.717, 1.165) is 19.3 Å². The van der Waals surface area contributed by atoms with Gasteiger partial charge in [0.1, 0.15) is 0 Å². The number of carbonyl (C=O) groups is 1. The molecule has 0 atom stereocenters. The predicted molar refractivity (Wildman–Crippen MR) is 72.8 cm³/mol. The third kappa shape index (κ3) is 3.79. The Hall–Kier alpha value is -1.43. The highest BCUT2D eigenvalue weighted by Crippen LogP contribution is 2.31. The van der Waals surface area contributed by atoms with Crippen molar-refractivity contribution in [3.05, 3.63) is 11.7 Å². The lowest BCUT2D eigenvalue weighted by Gasteiger charge is -2.32. The molecule has 0 saturated heterocycles. The number of nitrogens with zero attached hydrogens (tertiary/aromatic N) is 3. The maximum absolute atomic E-state index is 12.2. The summed E-state index contributed by atoms with van der Waals surface area (Å²) in [7, 11) is 1.70. The number of aryl methyl sites for hydroxylation is 1. The molecule has 1 heterocycles. The van der Waals surface area contributed by atoms with Crippen LogP contribution in [0.1, 0.15) is 57.2 Å². The topological polar surface area (TPSA) is 79.5 Å². The van der Waals surface area contributed by atoms with Gasteiger partial charge in [0.25, 0.3) is 0 Å². The summed E-state index contributed by atoms with van der Waals surface area (Å²) in [6.45, 7) is 2.24. The Labute approximate surface area is 119 Å². The highest BCUT2D eigenvalue weighted by molar-refractivity contribution is 5.76. The molecule has 6 heteroatoms. The number of amides is 1. The Morgan fingerprint density at radius 2 is 2.10 bits per heavy atom. The molecule has 1 aromatic rings. The van der Waals surface area contributed by atoms with E-state index in [9.17, 15) is 9.90 Å². The van der Waals surface area contributed by atoms with Crippen LogP contribution in [0.25, 0.3) is 0 Å². The van der Waals surface area contributed by atoms with Gasteiger partial charge in [-0.3, -0.25) is 4.79 Å². The highest BCUT2D eigenvalue weighted by Gasteiger charge is 2.32. The molecular weight excluding hydrogens is 258 g/mol. The maximum Gasteiger partial charge on any atom is 0.246 e. The first-order chi connectivity index (χ1) is 9.52. The third-order valence-corrected chi connectivity index (χ3v) is 3.89. The summed E-state index contributed by atoms with van der Waals surface area (Å²) in [4.78, 5) is 17.9. The lowest BCUT2D eigenvalue weighted by Crippen LogP contribution is -2.39. The number of aliphatic hydroxyl groups is 1. The molecule has 1 aliphatic carbocycles. The van der Waals surface area contributed by atoms with Crippen molar-refractivity contribution in [2.24, 2.45) is 0 Å². The van der Waals surface area contributed by atoms with Crippen molar-refractivity contribution in [1.29, 1.82) is 0 Å². The Kier molecular flexibility index (Phi) is 4.75. The normalized spacial score (nSPS) is 17.9. The number of aromatic nitrogens is 2. The van der Waals surface area contributed by atoms with Gasteiger partial charge in [-0.1, -0.05) is 31.3 Å². The van der Waals surface area contributed by atoms with E-state index in [0.29, 0.717) is 37.5 Å². The quantitative estimate of drug-likeness (QED) is 0.888.